The molecular formula is C10H18F3NO2. The number of carbonyl (C=O) groups is 1. The molecule has 0 aliphatic heterocycles. The van der Waals surface area contributed by atoms with E-state index >= 15 is 0 Å². The highest BCUT2D eigenvalue weighted by atomic mass is 19.4. The zero-order chi connectivity index (χ0) is 12.4. The van der Waals surface area contributed by atoms with E-state index in [9.17, 15) is 18.0 Å². The van der Waals surface area contributed by atoms with E-state index in [4.69, 9.17) is 4.74 Å². The molecule has 0 unspecified atom stereocenters. The molecule has 0 atom stereocenters. The molecule has 0 aromatic rings. The van der Waals surface area contributed by atoms with E-state index in [-0.39, 0.29) is 25.5 Å². The minimum absolute atomic E-state index is 0.0207. The van der Waals surface area contributed by atoms with Crippen molar-refractivity contribution in [2.45, 2.75) is 38.8 Å². The van der Waals surface area contributed by atoms with E-state index in [1.807, 2.05) is 6.92 Å². The van der Waals surface area contributed by atoms with Crippen LogP contribution >= 0.6 is 0 Å². The summed E-state index contributed by atoms with van der Waals surface area (Å²) in [5.41, 5.74) is 0. The van der Waals surface area contributed by atoms with Gasteiger partial charge < -0.3 is 10.1 Å². The van der Waals surface area contributed by atoms with Crippen LogP contribution in [0.15, 0.2) is 0 Å². The Hall–Kier alpha value is -0.780. The van der Waals surface area contributed by atoms with Crippen molar-refractivity contribution in [2.75, 3.05) is 19.8 Å². The number of amides is 1. The predicted octanol–water partition coefficient (Wildman–Crippen LogP) is 2.26. The van der Waals surface area contributed by atoms with Crippen LogP contribution in [0.5, 0.6) is 0 Å². The van der Waals surface area contributed by atoms with Crippen LogP contribution in [0.3, 0.4) is 0 Å². The predicted molar refractivity (Wildman–Crippen MR) is 54.0 cm³/mol. The molecular weight excluding hydrogens is 223 g/mol. The standard InChI is InChI=1S/C10H18F3NO2/c1-2-7-16-8-9(15)14-6-4-3-5-10(11,12)13/h2-8H2,1H3,(H,14,15). The second-order valence-corrected chi connectivity index (χ2v) is 3.47. The first-order chi connectivity index (χ1) is 7.45. The van der Waals surface area contributed by atoms with Crippen molar-refractivity contribution in [1.82, 2.24) is 5.32 Å². The molecule has 0 aliphatic rings. The number of unbranched alkanes of at least 4 members (excludes halogenated alkanes) is 1. The molecule has 0 fully saturated rings. The van der Waals surface area contributed by atoms with E-state index in [1.165, 1.54) is 0 Å². The van der Waals surface area contributed by atoms with Gasteiger partial charge in [0.25, 0.3) is 0 Å². The molecule has 96 valence electrons. The van der Waals surface area contributed by atoms with E-state index in [0.717, 1.165) is 6.42 Å². The topological polar surface area (TPSA) is 38.3 Å². The summed E-state index contributed by atoms with van der Waals surface area (Å²) in [6.45, 7) is 2.69. The van der Waals surface area contributed by atoms with Gasteiger partial charge in [-0.3, -0.25) is 4.79 Å². The van der Waals surface area contributed by atoms with Crippen LogP contribution in [0.2, 0.25) is 0 Å². The third-order valence-electron chi connectivity index (χ3n) is 1.79. The second-order valence-electron chi connectivity index (χ2n) is 3.47. The largest absolute Gasteiger partial charge is 0.389 e. The molecule has 0 aliphatic carbocycles. The normalized spacial score (nSPS) is 11.5. The van der Waals surface area contributed by atoms with Gasteiger partial charge in [0.1, 0.15) is 6.61 Å². The first-order valence-electron chi connectivity index (χ1n) is 5.37. The zero-order valence-electron chi connectivity index (χ0n) is 9.40. The Morgan fingerprint density at radius 1 is 1.31 bits per heavy atom. The van der Waals surface area contributed by atoms with Crippen LogP contribution in [0.25, 0.3) is 0 Å². The van der Waals surface area contributed by atoms with Gasteiger partial charge in [0, 0.05) is 19.6 Å². The van der Waals surface area contributed by atoms with Gasteiger partial charge in [0.15, 0.2) is 0 Å². The smallest absolute Gasteiger partial charge is 0.372 e. The fraction of sp³-hybridized carbons (Fsp3) is 0.900. The number of nitrogens with one attached hydrogen (secondary N) is 1. The number of hydrogen-bond donors (Lipinski definition) is 1. The third kappa shape index (κ3) is 11.3. The SMILES string of the molecule is CCCOCC(=O)NCCCCC(F)(F)F. The van der Waals surface area contributed by atoms with Gasteiger partial charge >= 0.3 is 6.18 Å². The molecule has 1 amide bonds. The highest BCUT2D eigenvalue weighted by Gasteiger charge is 2.25. The Morgan fingerprint density at radius 2 is 2.00 bits per heavy atom. The summed E-state index contributed by atoms with van der Waals surface area (Å²) in [5, 5.41) is 2.50. The monoisotopic (exact) mass is 241 g/mol. The minimum Gasteiger partial charge on any atom is -0.372 e. The molecule has 1 N–H and O–H groups in total. The molecule has 0 saturated carbocycles. The molecule has 0 radical (unpaired) electrons. The lowest BCUT2D eigenvalue weighted by Gasteiger charge is -2.07. The molecule has 0 aromatic heterocycles. The third-order valence-corrected chi connectivity index (χ3v) is 1.79. The van der Waals surface area contributed by atoms with Gasteiger partial charge in [0.05, 0.1) is 0 Å². The number of carbonyl (C=O) groups excluding carboxylic acids is 1. The van der Waals surface area contributed by atoms with E-state index in [2.05, 4.69) is 5.32 Å². The van der Waals surface area contributed by atoms with Crippen LogP contribution < -0.4 is 5.32 Å². The Morgan fingerprint density at radius 3 is 2.56 bits per heavy atom. The minimum atomic E-state index is -4.10. The highest BCUT2D eigenvalue weighted by Crippen LogP contribution is 2.21. The van der Waals surface area contributed by atoms with Crippen LogP contribution in [0, 0.1) is 0 Å². The zero-order valence-corrected chi connectivity index (χ0v) is 9.40. The van der Waals surface area contributed by atoms with Gasteiger partial charge in [0.2, 0.25) is 5.91 Å². The average molecular weight is 241 g/mol. The van der Waals surface area contributed by atoms with Crippen LogP contribution in [0.4, 0.5) is 13.2 Å². The lowest BCUT2D eigenvalue weighted by atomic mass is 10.2. The molecule has 0 spiro atoms. The van der Waals surface area contributed by atoms with Crippen molar-refractivity contribution < 1.29 is 22.7 Å². The molecule has 0 saturated heterocycles. The summed E-state index contributed by atoms with van der Waals surface area (Å²) in [7, 11) is 0. The van der Waals surface area contributed by atoms with Crippen molar-refractivity contribution in [1.29, 1.82) is 0 Å². The fourth-order valence-electron chi connectivity index (χ4n) is 1.04. The molecule has 3 nitrogen and oxygen atoms in total. The first kappa shape index (κ1) is 15.2. The van der Waals surface area contributed by atoms with Crippen molar-refractivity contribution >= 4 is 5.91 Å². The Labute approximate surface area is 93.3 Å². The molecule has 6 heteroatoms. The summed E-state index contributed by atoms with van der Waals surface area (Å²) in [6.07, 6.45) is -3.69. The van der Waals surface area contributed by atoms with E-state index in [0.29, 0.717) is 13.0 Å². The molecule has 0 heterocycles. The van der Waals surface area contributed by atoms with Crippen molar-refractivity contribution in [3.63, 3.8) is 0 Å². The summed E-state index contributed by atoms with van der Waals surface area (Å²) in [4.78, 5) is 11.0. The Kier molecular flexibility index (Phi) is 7.97. The maximum absolute atomic E-state index is 11.7. The van der Waals surface area contributed by atoms with Crippen LogP contribution in [0.1, 0.15) is 32.6 Å². The Balaban J connectivity index is 3.28. The van der Waals surface area contributed by atoms with Gasteiger partial charge in [-0.05, 0) is 19.3 Å². The quantitative estimate of drug-likeness (QED) is 0.662. The number of halogens is 3. The maximum atomic E-state index is 11.7. The van der Waals surface area contributed by atoms with Gasteiger partial charge in [-0.1, -0.05) is 6.92 Å². The van der Waals surface area contributed by atoms with Crippen molar-refractivity contribution in [3.05, 3.63) is 0 Å². The lowest BCUT2D eigenvalue weighted by Crippen LogP contribution is -2.28. The van der Waals surface area contributed by atoms with Gasteiger partial charge in [-0.2, -0.15) is 13.2 Å². The van der Waals surface area contributed by atoms with Crippen LogP contribution in [-0.2, 0) is 9.53 Å². The number of alkyl halides is 3. The number of rotatable bonds is 8. The Bertz CT molecular complexity index is 195. The van der Waals surface area contributed by atoms with E-state index in [1.54, 1.807) is 0 Å². The molecule has 0 rings (SSSR count). The molecule has 0 aromatic carbocycles. The average Bonchev–Trinajstić information content (AvgIpc) is 2.16. The van der Waals surface area contributed by atoms with E-state index < -0.39 is 12.6 Å². The number of hydrogen-bond acceptors (Lipinski definition) is 2. The number of ether oxygens (including phenoxy) is 1. The molecule has 0 bridgehead atoms. The summed E-state index contributed by atoms with van der Waals surface area (Å²) in [5.74, 6) is -0.277. The first-order valence-corrected chi connectivity index (χ1v) is 5.37. The van der Waals surface area contributed by atoms with Crippen molar-refractivity contribution in [3.8, 4) is 0 Å². The lowest BCUT2D eigenvalue weighted by molar-refractivity contribution is -0.135. The fourth-order valence-corrected chi connectivity index (χ4v) is 1.04. The highest BCUT2D eigenvalue weighted by molar-refractivity contribution is 5.77. The van der Waals surface area contributed by atoms with Gasteiger partial charge in [-0.25, -0.2) is 0 Å². The molecule has 16 heavy (non-hydrogen) atoms. The van der Waals surface area contributed by atoms with Crippen molar-refractivity contribution in [2.24, 2.45) is 0 Å². The summed E-state index contributed by atoms with van der Waals surface area (Å²) >= 11 is 0. The maximum Gasteiger partial charge on any atom is 0.389 e. The summed E-state index contributed by atoms with van der Waals surface area (Å²) in [6, 6.07) is 0. The van der Waals surface area contributed by atoms with Crippen LogP contribution in [-0.4, -0.2) is 31.8 Å². The summed E-state index contributed by atoms with van der Waals surface area (Å²) < 4.78 is 40.2. The van der Waals surface area contributed by atoms with Gasteiger partial charge in [-0.15, -0.1) is 0 Å². The second kappa shape index (κ2) is 8.38.